The summed E-state index contributed by atoms with van der Waals surface area (Å²) >= 11 is 0. The molecule has 1 fully saturated rings. The molecule has 1 atom stereocenters. The molecule has 3 rings (SSSR count). The summed E-state index contributed by atoms with van der Waals surface area (Å²) in [5.74, 6) is 0.995. The van der Waals surface area contributed by atoms with Gasteiger partial charge >= 0.3 is 0 Å². The molecule has 7 nitrogen and oxygen atoms in total. The average molecular weight is 304 g/mol. The topological polar surface area (TPSA) is 59.3 Å². The van der Waals surface area contributed by atoms with Crippen molar-refractivity contribution >= 4 is 16.9 Å². The van der Waals surface area contributed by atoms with E-state index in [1.807, 2.05) is 20.2 Å². The number of hydrogen-bond donors (Lipinski definition) is 0. The monoisotopic (exact) mass is 304 g/mol. The molecule has 1 aliphatic heterocycles. The van der Waals surface area contributed by atoms with Gasteiger partial charge in [0.25, 0.3) is 0 Å². The maximum atomic E-state index is 5.47. The van der Waals surface area contributed by atoms with E-state index in [-0.39, 0.29) is 0 Å². The van der Waals surface area contributed by atoms with Crippen molar-refractivity contribution in [3.8, 4) is 0 Å². The Morgan fingerprint density at radius 3 is 2.95 bits per heavy atom. The molecule has 2 aromatic heterocycles. The maximum absolute atomic E-state index is 5.47. The van der Waals surface area contributed by atoms with Gasteiger partial charge in [0.1, 0.15) is 12.1 Å². The first-order valence-electron chi connectivity index (χ1n) is 7.90. The molecule has 1 aliphatic rings. The average Bonchev–Trinajstić information content (AvgIpc) is 2.91. The van der Waals surface area contributed by atoms with Gasteiger partial charge in [0.15, 0.2) is 5.65 Å². The molecule has 0 bridgehead atoms. The van der Waals surface area contributed by atoms with Crippen molar-refractivity contribution in [1.29, 1.82) is 0 Å². The molecule has 0 aliphatic carbocycles. The van der Waals surface area contributed by atoms with E-state index in [1.165, 1.54) is 0 Å². The molecule has 0 radical (unpaired) electrons. The van der Waals surface area contributed by atoms with Crippen LogP contribution in [0, 0.1) is 0 Å². The van der Waals surface area contributed by atoms with Crippen molar-refractivity contribution in [2.45, 2.75) is 19.9 Å². The number of hydrogen-bond acceptors (Lipinski definition) is 6. The lowest BCUT2D eigenvalue weighted by atomic mass is 10.2. The number of anilines is 1. The van der Waals surface area contributed by atoms with E-state index >= 15 is 0 Å². The van der Waals surface area contributed by atoms with Gasteiger partial charge in [-0.25, -0.2) is 9.97 Å². The lowest BCUT2D eigenvalue weighted by Gasteiger charge is -2.40. The fourth-order valence-electron chi connectivity index (χ4n) is 3.05. The highest BCUT2D eigenvalue weighted by Crippen LogP contribution is 2.24. The van der Waals surface area contributed by atoms with Gasteiger partial charge in [0, 0.05) is 45.9 Å². The summed E-state index contributed by atoms with van der Waals surface area (Å²) in [6.07, 6.45) is 3.49. The highest BCUT2D eigenvalue weighted by atomic mass is 16.5. The van der Waals surface area contributed by atoms with E-state index in [2.05, 4.69) is 31.8 Å². The molecule has 0 unspecified atom stereocenters. The quantitative estimate of drug-likeness (QED) is 0.765. The third-order valence-corrected chi connectivity index (χ3v) is 4.30. The Kier molecular flexibility index (Phi) is 4.54. The van der Waals surface area contributed by atoms with Crippen molar-refractivity contribution in [1.82, 2.24) is 24.6 Å². The Hall–Kier alpha value is -1.73. The molecule has 0 amide bonds. The lowest BCUT2D eigenvalue weighted by Crippen LogP contribution is -2.53. The van der Waals surface area contributed by atoms with E-state index in [0.717, 1.165) is 56.2 Å². The van der Waals surface area contributed by atoms with Crippen molar-refractivity contribution in [2.75, 3.05) is 44.3 Å². The van der Waals surface area contributed by atoms with Crippen LogP contribution in [0.1, 0.15) is 13.8 Å². The van der Waals surface area contributed by atoms with Gasteiger partial charge in [-0.15, -0.1) is 0 Å². The minimum absolute atomic E-state index is 0.482. The van der Waals surface area contributed by atoms with Gasteiger partial charge in [0.2, 0.25) is 0 Å². The van der Waals surface area contributed by atoms with Crippen molar-refractivity contribution in [3.63, 3.8) is 0 Å². The zero-order valence-electron chi connectivity index (χ0n) is 13.6. The van der Waals surface area contributed by atoms with Gasteiger partial charge in [-0.05, 0) is 13.8 Å². The number of rotatable bonds is 5. The van der Waals surface area contributed by atoms with Crippen LogP contribution in [-0.4, -0.2) is 70.1 Å². The Balaban J connectivity index is 1.71. The fourth-order valence-corrected chi connectivity index (χ4v) is 3.05. The van der Waals surface area contributed by atoms with Crippen molar-refractivity contribution in [2.24, 2.45) is 7.05 Å². The van der Waals surface area contributed by atoms with Crippen LogP contribution >= 0.6 is 0 Å². The molecule has 7 heteroatoms. The van der Waals surface area contributed by atoms with Crippen LogP contribution in [0.5, 0.6) is 0 Å². The second-order valence-electron chi connectivity index (χ2n) is 5.73. The van der Waals surface area contributed by atoms with Crippen LogP contribution in [0.4, 0.5) is 5.82 Å². The Morgan fingerprint density at radius 1 is 1.32 bits per heavy atom. The summed E-state index contributed by atoms with van der Waals surface area (Å²) in [4.78, 5) is 13.6. The molecular formula is C15H24N6O. The first-order valence-corrected chi connectivity index (χ1v) is 7.90. The fraction of sp³-hybridized carbons (Fsp3) is 0.667. The van der Waals surface area contributed by atoms with Crippen molar-refractivity contribution in [3.05, 3.63) is 12.5 Å². The van der Waals surface area contributed by atoms with E-state index in [9.17, 15) is 0 Å². The van der Waals surface area contributed by atoms with Crippen LogP contribution in [0.2, 0.25) is 0 Å². The summed E-state index contributed by atoms with van der Waals surface area (Å²) in [5, 5.41) is 5.32. The zero-order chi connectivity index (χ0) is 15.5. The molecule has 0 N–H and O–H groups in total. The van der Waals surface area contributed by atoms with Gasteiger partial charge in [-0.3, -0.25) is 9.58 Å². The predicted octanol–water partition coefficient (Wildman–Crippen LogP) is 0.910. The number of aryl methyl sites for hydroxylation is 1. The summed E-state index contributed by atoms with van der Waals surface area (Å²) in [6.45, 7) is 9.85. The molecule has 1 saturated heterocycles. The smallest absolute Gasteiger partial charge is 0.163 e. The van der Waals surface area contributed by atoms with Gasteiger partial charge in [-0.2, -0.15) is 5.10 Å². The van der Waals surface area contributed by atoms with Crippen molar-refractivity contribution < 1.29 is 4.74 Å². The second kappa shape index (κ2) is 6.58. The lowest BCUT2D eigenvalue weighted by molar-refractivity contribution is 0.0925. The second-order valence-corrected chi connectivity index (χ2v) is 5.73. The number of piperazine rings is 1. The number of nitrogens with zero attached hydrogens (tertiary/aromatic N) is 6. The summed E-state index contributed by atoms with van der Waals surface area (Å²) < 4.78 is 7.26. The molecule has 2 aromatic rings. The minimum Gasteiger partial charge on any atom is -0.380 e. The SMILES string of the molecule is CCOCCN1CCN(c2ncnc3c2cnn3C)C[C@H]1C. The highest BCUT2D eigenvalue weighted by Gasteiger charge is 2.25. The Bertz CT molecular complexity index is 628. The molecule has 0 aromatic carbocycles. The standard InChI is InChI=1S/C15H24N6O/c1-4-22-8-7-20-5-6-21(10-12(20)2)15-13-9-18-19(3)14(13)16-11-17-15/h9,11-12H,4-8,10H2,1-3H3/t12-/m1/s1. The number of fused-ring (bicyclic) bond motifs is 1. The predicted molar refractivity (Wildman–Crippen MR) is 86.0 cm³/mol. The third-order valence-electron chi connectivity index (χ3n) is 4.30. The molecular weight excluding hydrogens is 280 g/mol. The Morgan fingerprint density at radius 2 is 2.18 bits per heavy atom. The van der Waals surface area contributed by atoms with Gasteiger partial charge in [0.05, 0.1) is 18.2 Å². The van der Waals surface area contributed by atoms with Crippen LogP contribution in [0.25, 0.3) is 11.0 Å². The number of aromatic nitrogens is 4. The van der Waals surface area contributed by atoms with Crippen LogP contribution in [0.15, 0.2) is 12.5 Å². The molecule has 22 heavy (non-hydrogen) atoms. The van der Waals surface area contributed by atoms with Gasteiger partial charge in [-0.1, -0.05) is 0 Å². The zero-order valence-corrected chi connectivity index (χ0v) is 13.6. The number of ether oxygens (including phenoxy) is 1. The first kappa shape index (κ1) is 15.2. The normalized spacial score (nSPS) is 20.0. The van der Waals surface area contributed by atoms with Gasteiger partial charge < -0.3 is 9.64 Å². The van der Waals surface area contributed by atoms with E-state index in [1.54, 1.807) is 11.0 Å². The molecule has 0 spiro atoms. The minimum atomic E-state index is 0.482. The van der Waals surface area contributed by atoms with E-state index in [0.29, 0.717) is 6.04 Å². The van der Waals surface area contributed by atoms with Crippen LogP contribution in [0.3, 0.4) is 0 Å². The Labute approximate surface area is 130 Å². The summed E-state index contributed by atoms with van der Waals surface area (Å²) in [7, 11) is 1.91. The molecule has 3 heterocycles. The van der Waals surface area contributed by atoms with E-state index in [4.69, 9.17) is 4.74 Å². The highest BCUT2D eigenvalue weighted by molar-refractivity contribution is 5.86. The first-order chi connectivity index (χ1) is 10.7. The molecule has 120 valence electrons. The molecule has 0 saturated carbocycles. The van der Waals surface area contributed by atoms with E-state index < -0.39 is 0 Å². The maximum Gasteiger partial charge on any atom is 0.163 e. The largest absolute Gasteiger partial charge is 0.380 e. The third kappa shape index (κ3) is 2.91. The summed E-state index contributed by atoms with van der Waals surface area (Å²) in [6, 6.07) is 0.482. The van der Waals surface area contributed by atoms with Crippen LogP contribution in [-0.2, 0) is 11.8 Å². The van der Waals surface area contributed by atoms with Crippen LogP contribution < -0.4 is 4.90 Å². The summed E-state index contributed by atoms with van der Waals surface area (Å²) in [5.41, 5.74) is 0.886.